The number of aryl methyl sites for hydroxylation is 1. The average Bonchev–Trinajstić information content (AvgIpc) is 2.94. The Balaban J connectivity index is 1.27. The van der Waals surface area contributed by atoms with Crippen molar-refractivity contribution in [1.82, 2.24) is 34.5 Å². The molecule has 0 spiro atoms. The van der Waals surface area contributed by atoms with Crippen molar-refractivity contribution in [3.63, 3.8) is 0 Å². The number of sulfonamides is 1. The van der Waals surface area contributed by atoms with E-state index in [9.17, 15) is 8.42 Å². The Hall–Kier alpha value is -4.00. The fraction of sp³-hybridized carbons (Fsp3) is 0.269. The second-order valence-corrected chi connectivity index (χ2v) is 11.0. The summed E-state index contributed by atoms with van der Waals surface area (Å²) in [5.41, 5.74) is 2.24. The molecular weight excluding hydrogens is 502 g/mol. The van der Waals surface area contributed by atoms with Crippen LogP contribution in [0.2, 0.25) is 0 Å². The van der Waals surface area contributed by atoms with Crippen LogP contribution in [-0.4, -0.2) is 63.8 Å². The smallest absolute Gasteiger partial charge is 0.243 e. The second kappa shape index (κ2) is 11.2. The highest BCUT2D eigenvalue weighted by atomic mass is 32.2. The Morgan fingerprint density at radius 3 is 2.32 bits per heavy atom. The third-order valence-electron chi connectivity index (χ3n) is 6.30. The number of nitrogens with one attached hydrogen (secondary N) is 3. The highest BCUT2D eigenvalue weighted by Crippen LogP contribution is 2.24. The van der Waals surface area contributed by atoms with E-state index in [1.807, 2.05) is 25.1 Å². The van der Waals surface area contributed by atoms with E-state index in [0.29, 0.717) is 34.8 Å². The van der Waals surface area contributed by atoms with Gasteiger partial charge < -0.3 is 16.0 Å². The molecule has 3 aromatic heterocycles. The van der Waals surface area contributed by atoms with Crippen molar-refractivity contribution in [3.8, 4) is 11.5 Å². The molecule has 1 fully saturated rings. The molecule has 0 bridgehead atoms. The van der Waals surface area contributed by atoms with Gasteiger partial charge in [-0.05, 0) is 81.4 Å². The molecule has 11 nitrogen and oxygen atoms in total. The summed E-state index contributed by atoms with van der Waals surface area (Å²) in [6, 6.07) is 15.8. The van der Waals surface area contributed by atoms with Gasteiger partial charge >= 0.3 is 0 Å². The number of aromatic nitrogens is 5. The summed E-state index contributed by atoms with van der Waals surface area (Å²) in [6.07, 6.45) is 4.88. The first-order valence-corrected chi connectivity index (χ1v) is 13.8. The van der Waals surface area contributed by atoms with Crippen LogP contribution in [-0.2, 0) is 10.0 Å². The van der Waals surface area contributed by atoms with E-state index in [1.165, 1.54) is 4.31 Å². The monoisotopic (exact) mass is 531 g/mol. The van der Waals surface area contributed by atoms with E-state index in [4.69, 9.17) is 0 Å². The molecule has 1 saturated heterocycles. The summed E-state index contributed by atoms with van der Waals surface area (Å²) in [5.74, 6) is 1.96. The van der Waals surface area contributed by atoms with Crippen molar-refractivity contribution in [3.05, 3.63) is 72.7 Å². The molecule has 0 aliphatic carbocycles. The van der Waals surface area contributed by atoms with Crippen LogP contribution in [0.5, 0.6) is 0 Å². The molecule has 1 aliphatic heterocycles. The highest BCUT2D eigenvalue weighted by molar-refractivity contribution is 7.89. The van der Waals surface area contributed by atoms with Crippen LogP contribution in [0.3, 0.4) is 0 Å². The molecule has 4 aromatic rings. The van der Waals surface area contributed by atoms with Gasteiger partial charge in [0.2, 0.25) is 16.0 Å². The number of benzene rings is 1. The largest absolute Gasteiger partial charge is 0.325 e. The lowest BCUT2D eigenvalue weighted by molar-refractivity contribution is 0.296. The van der Waals surface area contributed by atoms with E-state index in [2.05, 4.69) is 40.9 Å². The zero-order chi connectivity index (χ0) is 26.5. The van der Waals surface area contributed by atoms with E-state index in [-0.39, 0.29) is 10.9 Å². The lowest BCUT2D eigenvalue weighted by atomic mass is 10.1. The molecule has 1 aromatic carbocycles. The first kappa shape index (κ1) is 25.6. The number of pyridine rings is 1. The number of nitrogens with zero attached hydrogens (tertiary/aromatic N) is 6. The van der Waals surface area contributed by atoms with E-state index in [0.717, 1.165) is 31.6 Å². The molecule has 38 heavy (non-hydrogen) atoms. The SMILES string of the molecule is Cc1cccc(-c2nccc(Nc3ccnc(Nc4ccc(S(=O)(=O)N(C)C5CCNCC5)cc4)n3)n2)n1. The Labute approximate surface area is 221 Å². The lowest BCUT2D eigenvalue weighted by Crippen LogP contribution is -2.43. The summed E-state index contributed by atoms with van der Waals surface area (Å²) in [6.45, 7) is 3.56. The molecular formula is C26H29N9O2S. The molecule has 1 aliphatic rings. The second-order valence-electron chi connectivity index (χ2n) is 8.97. The van der Waals surface area contributed by atoms with Crippen LogP contribution >= 0.6 is 0 Å². The Morgan fingerprint density at radius 2 is 1.58 bits per heavy atom. The fourth-order valence-electron chi connectivity index (χ4n) is 4.21. The summed E-state index contributed by atoms with van der Waals surface area (Å²) in [5, 5.41) is 9.56. The summed E-state index contributed by atoms with van der Waals surface area (Å²) in [7, 11) is -1.92. The Bertz CT molecular complexity index is 1510. The molecule has 3 N–H and O–H groups in total. The van der Waals surface area contributed by atoms with Gasteiger partial charge in [0.1, 0.15) is 17.3 Å². The predicted octanol–water partition coefficient (Wildman–Crippen LogP) is 3.50. The fourth-order valence-corrected chi connectivity index (χ4v) is 5.63. The molecule has 5 rings (SSSR count). The number of rotatable bonds is 8. The molecule has 4 heterocycles. The van der Waals surface area contributed by atoms with Crippen molar-refractivity contribution in [1.29, 1.82) is 0 Å². The van der Waals surface area contributed by atoms with E-state index in [1.54, 1.807) is 55.8 Å². The number of anilines is 4. The van der Waals surface area contributed by atoms with Crippen LogP contribution in [0, 0.1) is 6.92 Å². The van der Waals surface area contributed by atoms with Crippen molar-refractivity contribution < 1.29 is 8.42 Å². The van der Waals surface area contributed by atoms with Gasteiger partial charge in [0, 0.05) is 36.9 Å². The minimum absolute atomic E-state index is 0.00160. The normalized spacial score (nSPS) is 14.4. The van der Waals surface area contributed by atoms with Crippen LogP contribution in [0.25, 0.3) is 11.5 Å². The topological polar surface area (TPSA) is 138 Å². The van der Waals surface area contributed by atoms with E-state index >= 15 is 0 Å². The summed E-state index contributed by atoms with van der Waals surface area (Å²) in [4.78, 5) is 22.4. The number of hydrogen-bond acceptors (Lipinski definition) is 10. The maximum Gasteiger partial charge on any atom is 0.243 e. The van der Waals surface area contributed by atoms with Crippen molar-refractivity contribution >= 4 is 33.3 Å². The van der Waals surface area contributed by atoms with Gasteiger partial charge in [0.15, 0.2) is 5.82 Å². The summed E-state index contributed by atoms with van der Waals surface area (Å²) < 4.78 is 27.7. The first-order valence-electron chi connectivity index (χ1n) is 12.3. The molecule has 0 saturated carbocycles. The van der Waals surface area contributed by atoms with E-state index < -0.39 is 10.0 Å². The zero-order valence-electron chi connectivity index (χ0n) is 21.2. The van der Waals surface area contributed by atoms with Crippen LogP contribution in [0.15, 0.2) is 71.9 Å². The Kier molecular flexibility index (Phi) is 7.54. The number of hydrogen-bond donors (Lipinski definition) is 3. The first-order chi connectivity index (χ1) is 18.4. The third-order valence-corrected chi connectivity index (χ3v) is 8.22. The van der Waals surface area contributed by atoms with Crippen molar-refractivity contribution in [2.75, 3.05) is 30.8 Å². The van der Waals surface area contributed by atoms with Gasteiger partial charge in [-0.2, -0.15) is 9.29 Å². The van der Waals surface area contributed by atoms with Gasteiger partial charge in [-0.1, -0.05) is 6.07 Å². The maximum atomic E-state index is 13.1. The van der Waals surface area contributed by atoms with Gasteiger partial charge in [-0.25, -0.2) is 28.4 Å². The van der Waals surface area contributed by atoms with Crippen LogP contribution in [0.4, 0.5) is 23.3 Å². The standard InChI is InChI=1S/C26H29N9O2S/c1-18-4-3-5-22(30-18)25-28-16-12-23(33-25)32-24-13-17-29-26(34-24)31-19-6-8-21(9-7-19)38(36,37)35(2)20-10-14-27-15-11-20/h3-9,12-13,16-17,20,27H,10-11,14-15H2,1-2H3,(H2,28,29,31,32,33,34). The molecule has 0 unspecified atom stereocenters. The van der Waals surface area contributed by atoms with Crippen molar-refractivity contribution in [2.24, 2.45) is 0 Å². The predicted molar refractivity (Wildman–Crippen MR) is 146 cm³/mol. The minimum atomic E-state index is -3.58. The molecule has 12 heteroatoms. The maximum absolute atomic E-state index is 13.1. The van der Waals surface area contributed by atoms with Crippen molar-refractivity contribution in [2.45, 2.75) is 30.7 Å². The zero-order valence-corrected chi connectivity index (χ0v) is 22.0. The highest BCUT2D eigenvalue weighted by Gasteiger charge is 2.28. The molecule has 0 atom stereocenters. The lowest BCUT2D eigenvalue weighted by Gasteiger charge is -2.30. The number of piperidine rings is 1. The molecule has 196 valence electrons. The van der Waals surface area contributed by atoms with Gasteiger partial charge in [0.25, 0.3) is 0 Å². The van der Waals surface area contributed by atoms with Gasteiger partial charge in [-0.3, -0.25) is 0 Å². The van der Waals surface area contributed by atoms with Crippen LogP contribution in [0.1, 0.15) is 18.5 Å². The Morgan fingerprint density at radius 1 is 0.868 bits per heavy atom. The summed E-state index contributed by atoms with van der Waals surface area (Å²) >= 11 is 0. The van der Waals surface area contributed by atoms with Gasteiger partial charge in [0.05, 0.1) is 4.90 Å². The van der Waals surface area contributed by atoms with Gasteiger partial charge in [-0.15, -0.1) is 0 Å². The minimum Gasteiger partial charge on any atom is -0.325 e. The molecule has 0 amide bonds. The third kappa shape index (κ3) is 5.93. The quantitative estimate of drug-likeness (QED) is 0.310. The average molecular weight is 532 g/mol. The molecule has 0 radical (unpaired) electrons. The van der Waals surface area contributed by atoms with Crippen LogP contribution < -0.4 is 16.0 Å².